The number of ether oxygens (including phenoxy) is 3. The Morgan fingerprint density at radius 2 is 1.71 bits per heavy atom. The molecule has 7 heteroatoms. The molecule has 2 aromatic carbocycles. The minimum atomic E-state index is -0.282. The molecule has 1 amide bonds. The van der Waals surface area contributed by atoms with Gasteiger partial charge >= 0.3 is 0 Å². The smallest absolute Gasteiger partial charge is 0.234 e. The molecule has 0 aliphatic carbocycles. The van der Waals surface area contributed by atoms with Gasteiger partial charge in [0.25, 0.3) is 0 Å². The van der Waals surface area contributed by atoms with Crippen molar-refractivity contribution < 1.29 is 19.0 Å². The summed E-state index contributed by atoms with van der Waals surface area (Å²) in [6, 6.07) is 19.5. The summed E-state index contributed by atoms with van der Waals surface area (Å²) >= 11 is 1.71. The first-order valence-electron chi connectivity index (χ1n) is 11.6. The molecule has 0 saturated carbocycles. The fourth-order valence-corrected chi connectivity index (χ4v) is 4.99. The van der Waals surface area contributed by atoms with Gasteiger partial charge in [-0.15, -0.1) is 11.3 Å². The molecule has 1 aliphatic rings. The lowest BCUT2D eigenvalue weighted by Gasteiger charge is -2.26. The van der Waals surface area contributed by atoms with Crippen LogP contribution in [0.15, 0.2) is 66.0 Å². The minimum absolute atomic E-state index is 0.0220. The molecular weight excluding hydrogens is 448 g/mol. The number of carbonyl (C=O) groups is 1. The number of amides is 1. The summed E-state index contributed by atoms with van der Waals surface area (Å²) in [5.41, 5.74) is 1.98. The van der Waals surface area contributed by atoms with Crippen molar-refractivity contribution in [2.24, 2.45) is 0 Å². The van der Waals surface area contributed by atoms with E-state index in [4.69, 9.17) is 14.2 Å². The maximum Gasteiger partial charge on any atom is 0.234 e. The Bertz CT molecular complexity index is 968. The first-order chi connectivity index (χ1) is 16.6. The van der Waals surface area contributed by atoms with Crippen LogP contribution < -0.4 is 14.8 Å². The van der Waals surface area contributed by atoms with Crippen LogP contribution in [-0.2, 0) is 16.1 Å². The fourth-order valence-electron chi connectivity index (χ4n) is 4.25. The molecule has 34 heavy (non-hydrogen) atoms. The number of thiophene rings is 1. The van der Waals surface area contributed by atoms with E-state index in [1.54, 1.807) is 25.6 Å². The van der Waals surface area contributed by atoms with Crippen LogP contribution in [0.5, 0.6) is 11.5 Å². The lowest BCUT2D eigenvalue weighted by Crippen LogP contribution is -2.41. The van der Waals surface area contributed by atoms with Crippen molar-refractivity contribution in [2.45, 2.75) is 31.5 Å². The Morgan fingerprint density at radius 1 is 1.06 bits per heavy atom. The summed E-state index contributed by atoms with van der Waals surface area (Å²) in [4.78, 5) is 16.8. The molecule has 1 aromatic heterocycles. The molecule has 1 N–H and O–H groups in total. The van der Waals surface area contributed by atoms with E-state index in [2.05, 4.69) is 21.7 Å². The molecule has 1 aliphatic heterocycles. The Labute approximate surface area is 205 Å². The summed E-state index contributed by atoms with van der Waals surface area (Å²) in [6.45, 7) is 2.60. The summed E-state index contributed by atoms with van der Waals surface area (Å²) < 4.78 is 16.5. The van der Waals surface area contributed by atoms with Crippen LogP contribution in [0.1, 0.15) is 34.9 Å². The number of methoxy groups -OCH3 is 2. The van der Waals surface area contributed by atoms with Gasteiger partial charge in [-0.05, 0) is 59.7 Å². The summed E-state index contributed by atoms with van der Waals surface area (Å²) in [7, 11) is 3.29. The second-order valence-electron chi connectivity index (χ2n) is 8.43. The molecule has 1 fully saturated rings. The first-order valence-corrected chi connectivity index (χ1v) is 12.5. The van der Waals surface area contributed by atoms with Crippen LogP contribution in [-0.4, -0.2) is 50.8 Å². The molecule has 0 spiro atoms. The van der Waals surface area contributed by atoms with Gasteiger partial charge in [0.15, 0.2) is 0 Å². The van der Waals surface area contributed by atoms with Crippen LogP contribution >= 0.6 is 11.3 Å². The normalized spacial score (nSPS) is 15.6. The van der Waals surface area contributed by atoms with Crippen molar-refractivity contribution >= 4 is 17.2 Å². The summed E-state index contributed by atoms with van der Waals surface area (Å²) in [6.07, 6.45) is 2.32. The van der Waals surface area contributed by atoms with Crippen LogP contribution in [0.3, 0.4) is 0 Å². The van der Waals surface area contributed by atoms with Gasteiger partial charge in [0.1, 0.15) is 11.5 Å². The number of rotatable bonds is 11. The van der Waals surface area contributed by atoms with Crippen molar-refractivity contribution in [1.82, 2.24) is 10.2 Å². The summed E-state index contributed by atoms with van der Waals surface area (Å²) in [5.74, 6) is 1.54. The SMILES string of the molecule is COc1ccc(C(NC(=O)CN(Cc2cccs2)CC2CCCO2)c2ccc(OC)cc2)cc1. The van der Waals surface area contributed by atoms with Crippen molar-refractivity contribution in [1.29, 1.82) is 0 Å². The molecule has 1 unspecified atom stereocenters. The Balaban J connectivity index is 1.51. The standard InChI is InChI=1S/C27H32N2O4S/c1-31-22-11-7-20(8-12-22)27(21-9-13-23(32-2)14-10-21)28-26(30)19-29(17-24-5-3-15-33-24)18-25-6-4-16-34-25/h4,6-14,16,24,27H,3,5,15,17-19H2,1-2H3,(H,28,30). The van der Waals surface area contributed by atoms with Gasteiger partial charge in [-0.25, -0.2) is 0 Å². The van der Waals surface area contributed by atoms with Gasteiger partial charge in [0.2, 0.25) is 5.91 Å². The second kappa shape index (κ2) is 12.0. The third-order valence-corrected chi connectivity index (χ3v) is 6.88. The third-order valence-electron chi connectivity index (χ3n) is 6.02. The van der Waals surface area contributed by atoms with Crippen molar-refractivity contribution in [2.75, 3.05) is 33.9 Å². The number of nitrogens with one attached hydrogen (secondary N) is 1. The lowest BCUT2D eigenvalue weighted by atomic mass is 9.98. The molecule has 180 valence electrons. The molecule has 3 aromatic rings. The van der Waals surface area contributed by atoms with E-state index >= 15 is 0 Å². The van der Waals surface area contributed by atoms with E-state index in [1.165, 1.54) is 4.88 Å². The molecule has 6 nitrogen and oxygen atoms in total. The van der Waals surface area contributed by atoms with E-state index in [0.717, 1.165) is 55.2 Å². The highest BCUT2D eigenvalue weighted by Gasteiger charge is 2.23. The van der Waals surface area contributed by atoms with Gasteiger partial charge < -0.3 is 19.5 Å². The summed E-state index contributed by atoms with van der Waals surface area (Å²) in [5, 5.41) is 5.33. The Hall–Kier alpha value is -2.87. The zero-order valence-corrected chi connectivity index (χ0v) is 20.6. The Kier molecular flexibility index (Phi) is 8.57. The van der Waals surface area contributed by atoms with E-state index in [0.29, 0.717) is 6.54 Å². The predicted molar refractivity (Wildman–Crippen MR) is 135 cm³/mol. The van der Waals surface area contributed by atoms with E-state index in [9.17, 15) is 4.79 Å². The molecule has 0 bridgehead atoms. The molecule has 0 radical (unpaired) electrons. The van der Waals surface area contributed by atoms with Gasteiger partial charge in [0, 0.05) is 24.6 Å². The first kappa shape index (κ1) is 24.3. The van der Waals surface area contributed by atoms with Crippen LogP contribution in [0.25, 0.3) is 0 Å². The van der Waals surface area contributed by atoms with Gasteiger partial charge in [0.05, 0.1) is 32.9 Å². The fraction of sp³-hybridized carbons (Fsp3) is 0.370. The predicted octanol–water partition coefficient (Wildman–Crippen LogP) is 4.65. The van der Waals surface area contributed by atoms with Crippen molar-refractivity contribution in [3.63, 3.8) is 0 Å². The zero-order chi connectivity index (χ0) is 23.8. The number of hydrogen-bond acceptors (Lipinski definition) is 6. The van der Waals surface area contributed by atoms with Crippen LogP contribution in [0.4, 0.5) is 0 Å². The van der Waals surface area contributed by atoms with Crippen LogP contribution in [0, 0.1) is 0 Å². The highest BCUT2D eigenvalue weighted by molar-refractivity contribution is 7.09. The minimum Gasteiger partial charge on any atom is -0.497 e. The maximum atomic E-state index is 13.3. The van der Waals surface area contributed by atoms with Crippen molar-refractivity contribution in [3.05, 3.63) is 82.0 Å². The van der Waals surface area contributed by atoms with Crippen molar-refractivity contribution in [3.8, 4) is 11.5 Å². The second-order valence-corrected chi connectivity index (χ2v) is 9.46. The maximum absolute atomic E-state index is 13.3. The monoisotopic (exact) mass is 480 g/mol. The zero-order valence-electron chi connectivity index (χ0n) is 19.7. The molecule has 2 heterocycles. The van der Waals surface area contributed by atoms with E-state index in [1.807, 2.05) is 54.6 Å². The highest BCUT2D eigenvalue weighted by atomic mass is 32.1. The number of carbonyl (C=O) groups excluding carboxylic acids is 1. The highest BCUT2D eigenvalue weighted by Crippen LogP contribution is 2.26. The van der Waals surface area contributed by atoms with Gasteiger partial charge in [-0.1, -0.05) is 30.3 Å². The lowest BCUT2D eigenvalue weighted by molar-refractivity contribution is -0.123. The number of hydrogen-bond donors (Lipinski definition) is 1. The Morgan fingerprint density at radius 3 is 2.21 bits per heavy atom. The third kappa shape index (κ3) is 6.59. The van der Waals surface area contributed by atoms with Gasteiger partial charge in [-0.3, -0.25) is 9.69 Å². The average Bonchev–Trinajstić information content (AvgIpc) is 3.57. The largest absolute Gasteiger partial charge is 0.497 e. The van der Waals surface area contributed by atoms with Crippen LogP contribution in [0.2, 0.25) is 0 Å². The molecule has 1 atom stereocenters. The quantitative estimate of drug-likeness (QED) is 0.433. The average molecular weight is 481 g/mol. The number of nitrogens with zero attached hydrogens (tertiary/aromatic N) is 1. The topological polar surface area (TPSA) is 60.0 Å². The van der Waals surface area contributed by atoms with E-state index in [-0.39, 0.29) is 18.1 Å². The molecule has 4 rings (SSSR count). The molecule has 1 saturated heterocycles. The number of benzene rings is 2. The van der Waals surface area contributed by atoms with Gasteiger partial charge in [-0.2, -0.15) is 0 Å². The van der Waals surface area contributed by atoms with E-state index < -0.39 is 0 Å². The molecular formula is C27H32N2O4S.